The lowest BCUT2D eigenvalue weighted by atomic mass is 9.85. The van der Waals surface area contributed by atoms with Gasteiger partial charge in [0.25, 0.3) is 5.91 Å². The molecule has 2 N–H and O–H groups in total. The molecule has 0 saturated carbocycles. The lowest BCUT2D eigenvalue weighted by molar-refractivity contribution is -0.122. The number of rotatable bonds is 1. The minimum Gasteiger partial charge on any atom is -0.507 e. The molecule has 0 aromatic heterocycles. The van der Waals surface area contributed by atoms with Crippen molar-refractivity contribution in [2.24, 2.45) is 0 Å². The van der Waals surface area contributed by atoms with Crippen molar-refractivity contribution in [3.05, 3.63) is 29.3 Å². The highest BCUT2D eigenvalue weighted by molar-refractivity contribution is 5.97. The van der Waals surface area contributed by atoms with Gasteiger partial charge in [0.05, 0.1) is 24.3 Å². The third-order valence-corrected chi connectivity index (χ3v) is 5.49. The molecule has 3 aliphatic rings. The lowest BCUT2D eigenvalue weighted by Gasteiger charge is -2.47. The van der Waals surface area contributed by atoms with Crippen LogP contribution in [0, 0.1) is 6.92 Å². The van der Waals surface area contributed by atoms with E-state index in [-0.39, 0.29) is 29.7 Å². The van der Waals surface area contributed by atoms with E-state index in [1.165, 1.54) is 12.8 Å². The average Bonchev–Trinajstić information content (AvgIpc) is 2.88. The first kappa shape index (κ1) is 17.5. The second kappa shape index (κ2) is 6.54. The molecule has 6 heteroatoms. The van der Waals surface area contributed by atoms with Crippen LogP contribution in [0.5, 0.6) is 5.75 Å². The number of morpholine rings is 1. The first-order valence-corrected chi connectivity index (χ1v) is 8.54. The minimum atomic E-state index is -0.204. The maximum absolute atomic E-state index is 12.9. The molecule has 3 heterocycles. The summed E-state index contributed by atoms with van der Waals surface area (Å²) in [6, 6.07) is 6.24. The number of hydrogen-bond acceptors (Lipinski definition) is 4. The van der Waals surface area contributed by atoms with Gasteiger partial charge in [0.15, 0.2) is 0 Å². The highest BCUT2D eigenvalue weighted by atomic mass is 35.5. The van der Waals surface area contributed by atoms with E-state index in [9.17, 15) is 9.90 Å². The Balaban J connectivity index is 0.00000169. The summed E-state index contributed by atoms with van der Waals surface area (Å²) in [7, 11) is 0. The fourth-order valence-electron chi connectivity index (χ4n) is 4.46. The molecule has 3 atom stereocenters. The number of benzene rings is 1. The zero-order chi connectivity index (χ0) is 16.0. The number of nitrogens with one attached hydrogen (secondary N) is 1. The molecule has 3 saturated heterocycles. The first-order valence-electron chi connectivity index (χ1n) is 8.54. The van der Waals surface area contributed by atoms with Crippen LogP contribution in [0.15, 0.2) is 18.2 Å². The van der Waals surface area contributed by atoms with E-state index in [1.54, 1.807) is 12.1 Å². The number of halogens is 1. The van der Waals surface area contributed by atoms with Gasteiger partial charge in [-0.1, -0.05) is 11.6 Å². The van der Waals surface area contributed by atoms with Crippen molar-refractivity contribution in [2.45, 2.75) is 50.3 Å². The zero-order valence-corrected chi connectivity index (χ0v) is 14.8. The molecule has 3 aliphatic heterocycles. The van der Waals surface area contributed by atoms with Crippen LogP contribution in [0.25, 0.3) is 0 Å². The van der Waals surface area contributed by atoms with Crippen molar-refractivity contribution in [3.63, 3.8) is 0 Å². The third-order valence-electron chi connectivity index (χ3n) is 5.49. The van der Waals surface area contributed by atoms with E-state index in [1.807, 2.05) is 17.9 Å². The maximum atomic E-state index is 12.9. The number of amides is 1. The van der Waals surface area contributed by atoms with Crippen molar-refractivity contribution in [1.29, 1.82) is 0 Å². The number of phenols is 1. The topological polar surface area (TPSA) is 61.8 Å². The zero-order valence-electron chi connectivity index (χ0n) is 14.0. The van der Waals surface area contributed by atoms with Crippen molar-refractivity contribution < 1.29 is 14.6 Å². The number of aromatic hydroxyl groups is 1. The molecule has 5 nitrogen and oxygen atoms in total. The van der Waals surface area contributed by atoms with Crippen LogP contribution in [-0.4, -0.2) is 53.3 Å². The van der Waals surface area contributed by atoms with Crippen LogP contribution in [0.2, 0.25) is 0 Å². The van der Waals surface area contributed by atoms with Crippen LogP contribution in [0.4, 0.5) is 0 Å². The average molecular weight is 353 g/mol. The Hall–Kier alpha value is -1.30. The summed E-state index contributed by atoms with van der Waals surface area (Å²) in [6.07, 6.45) is 4.38. The Morgan fingerprint density at radius 3 is 2.75 bits per heavy atom. The summed E-state index contributed by atoms with van der Waals surface area (Å²) in [5.41, 5.74) is 1.18. The van der Waals surface area contributed by atoms with Gasteiger partial charge in [-0.25, -0.2) is 0 Å². The molecule has 4 rings (SSSR count). The molecule has 0 aliphatic carbocycles. The number of aryl methyl sites for hydroxylation is 1. The summed E-state index contributed by atoms with van der Waals surface area (Å²) in [6.45, 7) is 3.74. The van der Waals surface area contributed by atoms with Crippen LogP contribution in [0.3, 0.4) is 0 Å². The Kier molecular flexibility index (Phi) is 4.78. The number of piperidine rings is 1. The Labute approximate surface area is 148 Å². The van der Waals surface area contributed by atoms with Gasteiger partial charge >= 0.3 is 0 Å². The fourth-order valence-corrected chi connectivity index (χ4v) is 4.46. The lowest BCUT2D eigenvalue weighted by Crippen LogP contribution is -2.60. The van der Waals surface area contributed by atoms with Crippen LogP contribution < -0.4 is 5.32 Å². The number of carbonyl (C=O) groups is 1. The Bertz CT molecular complexity index is 625. The van der Waals surface area contributed by atoms with Gasteiger partial charge < -0.3 is 20.1 Å². The summed E-state index contributed by atoms with van der Waals surface area (Å²) in [5.74, 6) is -0.0220. The van der Waals surface area contributed by atoms with Crippen LogP contribution >= 0.6 is 12.4 Å². The van der Waals surface area contributed by atoms with Crippen LogP contribution in [0.1, 0.15) is 41.6 Å². The smallest absolute Gasteiger partial charge is 0.257 e. The van der Waals surface area contributed by atoms with Gasteiger partial charge in [0.1, 0.15) is 5.75 Å². The highest BCUT2D eigenvalue weighted by Gasteiger charge is 2.47. The van der Waals surface area contributed by atoms with E-state index in [4.69, 9.17) is 4.74 Å². The standard InChI is InChI=1S/C18H24N2O3.ClH/c1-12-2-5-16(21)15(8-12)17(22)20-6-7-23-18(11-20)9-13-3-4-14(10-18)19-13;/h2,5,8,13-14,19,21H,3-4,6-7,9-11H2,1H3;1H/t13-,14+,18?;. The largest absolute Gasteiger partial charge is 0.507 e. The molecule has 2 bridgehead atoms. The molecular weight excluding hydrogens is 328 g/mol. The molecule has 3 fully saturated rings. The summed E-state index contributed by atoms with van der Waals surface area (Å²) >= 11 is 0. The van der Waals surface area contributed by atoms with Crippen LogP contribution in [-0.2, 0) is 4.74 Å². The summed E-state index contributed by atoms with van der Waals surface area (Å²) in [5, 5.41) is 13.7. The first-order chi connectivity index (χ1) is 11.0. The quantitative estimate of drug-likeness (QED) is 0.813. The Morgan fingerprint density at radius 2 is 2.04 bits per heavy atom. The van der Waals surface area contributed by atoms with Gasteiger partial charge in [-0.2, -0.15) is 0 Å². The number of phenolic OH excluding ortho intramolecular Hbond substituents is 1. The predicted octanol–water partition coefficient (Wildman–Crippen LogP) is 2.25. The SMILES string of the molecule is Cc1ccc(O)c(C(=O)N2CCOC3(C[C@H]4CC[C@@H](C3)N4)C2)c1.Cl. The number of nitrogens with zero attached hydrogens (tertiary/aromatic N) is 1. The van der Waals surface area contributed by atoms with E-state index in [0.29, 0.717) is 37.3 Å². The monoisotopic (exact) mass is 352 g/mol. The second-order valence-electron chi connectivity index (χ2n) is 7.32. The summed E-state index contributed by atoms with van der Waals surface area (Å²) in [4.78, 5) is 14.7. The number of fused-ring (bicyclic) bond motifs is 2. The van der Waals surface area contributed by atoms with Crippen molar-refractivity contribution in [1.82, 2.24) is 10.2 Å². The second-order valence-corrected chi connectivity index (χ2v) is 7.32. The van der Waals surface area contributed by atoms with Gasteiger partial charge in [-0.15, -0.1) is 12.4 Å². The summed E-state index contributed by atoms with van der Waals surface area (Å²) < 4.78 is 6.16. The fraction of sp³-hybridized carbons (Fsp3) is 0.611. The van der Waals surface area contributed by atoms with E-state index in [2.05, 4.69) is 5.32 Å². The predicted molar refractivity (Wildman–Crippen MR) is 93.9 cm³/mol. The Morgan fingerprint density at radius 1 is 1.33 bits per heavy atom. The van der Waals surface area contributed by atoms with Crippen molar-refractivity contribution in [3.8, 4) is 5.75 Å². The highest BCUT2D eigenvalue weighted by Crippen LogP contribution is 2.39. The van der Waals surface area contributed by atoms with Crippen molar-refractivity contribution in [2.75, 3.05) is 19.7 Å². The van der Waals surface area contributed by atoms with Gasteiger partial charge in [0.2, 0.25) is 0 Å². The molecule has 24 heavy (non-hydrogen) atoms. The minimum absolute atomic E-state index is 0. The van der Waals surface area contributed by atoms with Crippen molar-refractivity contribution >= 4 is 18.3 Å². The molecule has 1 aromatic rings. The number of carbonyl (C=O) groups excluding carboxylic acids is 1. The third kappa shape index (κ3) is 3.13. The van der Waals surface area contributed by atoms with E-state index < -0.39 is 0 Å². The maximum Gasteiger partial charge on any atom is 0.257 e. The molecule has 0 radical (unpaired) electrons. The molecule has 132 valence electrons. The molecule has 1 amide bonds. The van der Waals surface area contributed by atoms with Gasteiger partial charge in [0, 0.05) is 18.6 Å². The molecular formula is C18H25ClN2O3. The van der Waals surface area contributed by atoms with E-state index >= 15 is 0 Å². The number of ether oxygens (including phenoxy) is 1. The van der Waals surface area contributed by atoms with Gasteiger partial charge in [-0.05, 0) is 44.7 Å². The van der Waals surface area contributed by atoms with E-state index in [0.717, 1.165) is 18.4 Å². The molecule has 1 aromatic carbocycles. The molecule has 1 unspecified atom stereocenters. The number of hydrogen-bond donors (Lipinski definition) is 2. The molecule has 1 spiro atoms. The van der Waals surface area contributed by atoms with Gasteiger partial charge in [-0.3, -0.25) is 4.79 Å². The normalized spacial score (nSPS) is 31.8.